The van der Waals surface area contributed by atoms with Crippen LogP contribution in [0.3, 0.4) is 0 Å². The van der Waals surface area contributed by atoms with E-state index in [1.807, 2.05) is 6.92 Å². The summed E-state index contributed by atoms with van der Waals surface area (Å²) < 4.78 is 5.18. The minimum absolute atomic E-state index is 0.0265. The van der Waals surface area contributed by atoms with E-state index in [-0.39, 0.29) is 11.9 Å². The van der Waals surface area contributed by atoms with Crippen molar-refractivity contribution in [3.05, 3.63) is 28.8 Å². The molecule has 2 rings (SSSR count). The molecule has 2 unspecified atom stereocenters. The number of nitrogens with one attached hydrogen (secondary N) is 1. The Kier molecular flexibility index (Phi) is 5.27. The summed E-state index contributed by atoms with van der Waals surface area (Å²) in [7, 11) is 0. The Morgan fingerprint density at radius 1 is 1.24 bits per heavy atom. The molecule has 0 aromatic heterocycles. The largest absolute Gasteiger partial charge is 0.466 e. The molecule has 0 bridgehead atoms. The first-order valence-corrected chi connectivity index (χ1v) is 8.02. The molecule has 3 nitrogen and oxygen atoms in total. The Morgan fingerprint density at radius 2 is 1.90 bits per heavy atom. The van der Waals surface area contributed by atoms with Crippen molar-refractivity contribution in [2.45, 2.75) is 59.4 Å². The number of rotatable bonds is 4. The number of ether oxygens (including phenoxy) is 1. The Labute approximate surface area is 128 Å². The summed E-state index contributed by atoms with van der Waals surface area (Å²) in [6.45, 7) is 8.77. The summed E-state index contributed by atoms with van der Waals surface area (Å²) in [6.07, 6.45) is 4.06. The minimum atomic E-state index is -0.0265. The van der Waals surface area contributed by atoms with Gasteiger partial charge in [0, 0.05) is 11.7 Å². The molecule has 116 valence electrons. The Balaban J connectivity index is 2.04. The topological polar surface area (TPSA) is 38.3 Å². The Bertz CT molecular complexity index is 487. The lowest BCUT2D eigenvalue weighted by Gasteiger charge is -2.30. The van der Waals surface area contributed by atoms with Crippen LogP contribution in [-0.4, -0.2) is 18.6 Å². The predicted molar refractivity (Wildman–Crippen MR) is 86.7 cm³/mol. The van der Waals surface area contributed by atoms with Crippen molar-refractivity contribution in [1.29, 1.82) is 0 Å². The van der Waals surface area contributed by atoms with Crippen LogP contribution >= 0.6 is 0 Å². The first-order valence-electron chi connectivity index (χ1n) is 8.02. The lowest BCUT2D eigenvalue weighted by Crippen LogP contribution is -2.32. The van der Waals surface area contributed by atoms with E-state index < -0.39 is 0 Å². The van der Waals surface area contributed by atoms with Gasteiger partial charge in [0.25, 0.3) is 0 Å². The minimum Gasteiger partial charge on any atom is -0.466 e. The van der Waals surface area contributed by atoms with Crippen molar-refractivity contribution in [3.8, 4) is 0 Å². The highest BCUT2D eigenvalue weighted by Gasteiger charge is 2.28. The van der Waals surface area contributed by atoms with Crippen LogP contribution in [0.4, 0.5) is 5.69 Å². The number of aryl methyl sites for hydroxylation is 3. The molecule has 0 radical (unpaired) electrons. The van der Waals surface area contributed by atoms with Crippen LogP contribution in [-0.2, 0) is 9.53 Å². The molecule has 0 amide bonds. The van der Waals surface area contributed by atoms with Crippen LogP contribution in [0, 0.1) is 26.7 Å². The van der Waals surface area contributed by atoms with Gasteiger partial charge in [-0.25, -0.2) is 0 Å². The lowest BCUT2D eigenvalue weighted by molar-refractivity contribution is -0.149. The molecule has 1 N–H and O–H groups in total. The third-order valence-electron chi connectivity index (χ3n) is 4.32. The molecule has 2 atom stereocenters. The normalized spacial score (nSPS) is 21.9. The van der Waals surface area contributed by atoms with Crippen LogP contribution in [0.1, 0.15) is 49.3 Å². The summed E-state index contributed by atoms with van der Waals surface area (Å²) in [5.74, 6) is 0.0311. The predicted octanol–water partition coefficient (Wildman–Crippen LogP) is 4.15. The molecule has 0 spiro atoms. The van der Waals surface area contributed by atoms with E-state index in [9.17, 15) is 4.79 Å². The number of carbonyl (C=O) groups is 1. The lowest BCUT2D eigenvalue weighted by atomic mass is 9.85. The Hall–Kier alpha value is -1.51. The van der Waals surface area contributed by atoms with E-state index in [0.717, 1.165) is 25.7 Å². The van der Waals surface area contributed by atoms with Crippen LogP contribution in [0.5, 0.6) is 0 Å². The molecule has 1 aliphatic carbocycles. The zero-order valence-corrected chi connectivity index (χ0v) is 13.7. The third-order valence-corrected chi connectivity index (χ3v) is 4.32. The average Bonchev–Trinajstić information content (AvgIpc) is 2.43. The third kappa shape index (κ3) is 3.99. The summed E-state index contributed by atoms with van der Waals surface area (Å²) in [4.78, 5) is 11.9. The molecule has 3 heteroatoms. The van der Waals surface area contributed by atoms with E-state index in [1.165, 1.54) is 22.4 Å². The molecular weight excluding hydrogens is 262 g/mol. The zero-order chi connectivity index (χ0) is 15.4. The van der Waals surface area contributed by atoms with Crippen LogP contribution in [0.15, 0.2) is 12.1 Å². The highest BCUT2D eigenvalue weighted by molar-refractivity contribution is 5.72. The van der Waals surface area contributed by atoms with Crippen molar-refractivity contribution in [2.75, 3.05) is 11.9 Å². The van der Waals surface area contributed by atoms with E-state index in [4.69, 9.17) is 4.74 Å². The van der Waals surface area contributed by atoms with Gasteiger partial charge in [-0.15, -0.1) is 0 Å². The maximum absolute atomic E-state index is 11.9. The summed E-state index contributed by atoms with van der Waals surface area (Å²) >= 11 is 0. The van der Waals surface area contributed by atoms with Gasteiger partial charge in [-0.05, 0) is 58.1 Å². The molecule has 0 heterocycles. The van der Waals surface area contributed by atoms with Crippen molar-refractivity contribution in [3.63, 3.8) is 0 Å². The molecule has 1 aromatic carbocycles. The second kappa shape index (κ2) is 6.97. The second-order valence-electron chi connectivity index (χ2n) is 6.23. The Morgan fingerprint density at radius 3 is 2.52 bits per heavy atom. The van der Waals surface area contributed by atoms with Crippen LogP contribution in [0.2, 0.25) is 0 Å². The standard InChI is InChI=1S/C18H27NO2/c1-5-21-18(20)15-7-6-8-16(11-15)19-17-13(3)9-12(2)10-14(17)4/h9-10,15-16,19H,5-8,11H2,1-4H3. The number of carbonyl (C=O) groups excluding carboxylic acids is 1. The summed E-state index contributed by atoms with van der Waals surface area (Å²) in [6, 6.07) is 4.79. The molecule has 1 aliphatic rings. The van der Waals surface area contributed by atoms with Gasteiger partial charge in [0.15, 0.2) is 0 Å². The second-order valence-corrected chi connectivity index (χ2v) is 6.23. The fourth-order valence-electron chi connectivity index (χ4n) is 3.41. The summed E-state index contributed by atoms with van der Waals surface area (Å²) in [5, 5.41) is 3.66. The number of hydrogen-bond acceptors (Lipinski definition) is 3. The van der Waals surface area contributed by atoms with Gasteiger partial charge >= 0.3 is 5.97 Å². The number of esters is 1. The molecular formula is C18H27NO2. The summed E-state index contributed by atoms with van der Waals surface area (Å²) in [5.41, 5.74) is 5.09. The van der Waals surface area contributed by atoms with Gasteiger partial charge in [0.2, 0.25) is 0 Å². The van der Waals surface area contributed by atoms with Gasteiger partial charge in [-0.3, -0.25) is 4.79 Å². The van der Waals surface area contributed by atoms with Gasteiger partial charge < -0.3 is 10.1 Å². The van der Waals surface area contributed by atoms with Gasteiger partial charge in [-0.2, -0.15) is 0 Å². The molecule has 0 aliphatic heterocycles. The number of anilines is 1. The average molecular weight is 289 g/mol. The van der Waals surface area contributed by atoms with E-state index in [2.05, 4.69) is 38.2 Å². The maximum Gasteiger partial charge on any atom is 0.308 e. The SMILES string of the molecule is CCOC(=O)C1CCCC(Nc2c(C)cc(C)cc2C)C1. The highest BCUT2D eigenvalue weighted by atomic mass is 16.5. The smallest absolute Gasteiger partial charge is 0.308 e. The molecule has 1 aromatic rings. The van der Waals surface area contributed by atoms with Gasteiger partial charge in [0.05, 0.1) is 12.5 Å². The van der Waals surface area contributed by atoms with Crippen LogP contribution in [0.25, 0.3) is 0 Å². The quantitative estimate of drug-likeness (QED) is 0.846. The molecule has 1 saturated carbocycles. The van der Waals surface area contributed by atoms with E-state index in [0.29, 0.717) is 12.6 Å². The van der Waals surface area contributed by atoms with Crippen molar-refractivity contribution in [1.82, 2.24) is 0 Å². The number of hydrogen-bond donors (Lipinski definition) is 1. The van der Waals surface area contributed by atoms with E-state index in [1.54, 1.807) is 0 Å². The van der Waals surface area contributed by atoms with Crippen LogP contribution < -0.4 is 5.32 Å². The van der Waals surface area contributed by atoms with E-state index >= 15 is 0 Å². The van der Waals surface area contributed by atoms with Gasteiger partial charge in [-0.1, -0.05) is 24.1 Å². The van der Waals surface area contributed by atoms with Crippen molar-refractivity contribution >= 4 is 11.7 Å². The monoisotopic (exact) mass is 289 g/mol. The molecule has 21 heavy (non-hydrogen) atoms. The molecule has 1 fully saturated rings. The van der Waals surface area contributed by atoms with Gasteiger partial charge in [0.1, 0.15) is 0 Å². The van der Waals surface area contributed by atoms with Crippen molar-refractivity contribution < 1.29 is 9.53 Å². The highest BCUT2D eigenvalue weighted by Crippen LogP contribution is 2.30. The maximum atomic E-state index is 11.9. The van der Waals surface area contributed by atoms with Crippen molar-refractivity contribution in [2.24, 2.45) is 5.92 Å². The fraction of sp³-hybridized carbons (Fsp3) is 0.611. The fourth-order valence-corrected chi connectivity index (χ4v) is 3.41. The number of benzene rings is 1. The first-order chi connectivity index (χ1) is 10.0. The zero-order valence-electron chi connectivity index (χ0n) is 13.7. The molecule has 0 saturated heterocycles. The first kappa shape index (κ1) is 15.9.